The first-order valence-corrected chi connectivity index (χ1v) is 5.96. The molecule has 5 nitrogen and oxygen atoms in total. The SMILES string of the molecule is COc1cnc(C)cc1NCC(C)(O)CN(C)C. The van der Waals surface area contributed by atoms with Crippen LogP contribution in [0.3, 0.4) is 0 Å². The number of hydrogen-bond donors (Lipinski definition) is 2. The lowest BCUT2D eigenvalue weighted by Gasteiger charge is -2.27. The summed E-state index contributed by atoms with van der Waals surface area (Å²) in [7, 11) is 5.48. The monoisotopic (exact) mass is 253 g/mol. The molecule has 1 unspecified atom stereocenters. The Bertz CT molecular complexity index is 392. The number of aliphatic hydroxyl groups is 1. The van der Waals surface area contributed by atoms with E-state index in [1.165, 1.54) is 0 Å². The van der Waals surface area contributed by atoms with Crippen LogP contribution in [0, 0.1) is 6.92 Å². The second-order valence-electron chi connectivity index (χ2n) is 5.11. The summed E-state index contributed by atoms with van der Waals surface area (Å²) in [6.45, 7) is 4.76. The quantitative estimate of drug-likeness (QED) is 0.795. The van der Waals surface area contributed by atoms with Gasteiger partial charge in [0.1, 0.15) is 0 Å². The number of hydrogen-bond acceptors (Lipinski definition) is 5. The molecule has 0 aliphatic heterocycles. The number of anilines is 1. The topological polar surface area (TPSA) is 57.6 Å². The van der Waals surface area contributed by atoms with Crippen molar-refractivity contribution in [2.75, 3.05) is 39.6 Å². The van der Waals surface area contributed by atoms with Crippen molar-refractivity contribution in [3.05, 3.63) is 18.0 Å². The van der Waals surface area contributed by atoms with E-state index in [-0.39, 0.29) is 0 Å². The van der Waals surface area contributed by atoms with Crippen LogP contribution in [0.1, 0.15) is 12.6 Å². The van der Waals surface area contributed by atoms with E-state index in [0.717, 1.165) is 11.4 Å². The Morgan fingerprint density at radius 2 is 2.17 bits per heavy atom. The van der Waals surface area contributed by atoms with Gasteiger partial charge in [-0.1, -0.05) is 0 Å². The number of nitrogens with one attached hydrogen (secondary N) is 1. The van der Waals surface area contributed by atoms with Gasteiger partial charge in [-0.05, 0) is 34.0 Å². The lowest BCUT2D eigenvalue weighted by atomic mass is 10.1. The summed E-state index contributed by atoms with van der Waals surface area (Å²) in [5.74, 6) is 0.682. The van der Waals surface area contributed by atoms with Gasteiger partial charge < -0.3 is 20.1 Å². The number of pyridine rings is 1. The van der Waals surface area contributed by atoms with Gasteiger partial charge >= 0.3 is 0 Å². The first-order valence-electron chi connectivity index (χ1n) is 5.96. The minimum Gasteiger partial charge on any atom is -0.493 e. The van der Waals surface area contributed by atoms with Crippen molar-refractivity contribution >= 4 is 5.69 Å². The highest BCUT2D eigenvalue weighted by atomic mass is 16.5. The van der Waals surface area contributed by atoms with E-state index in [4.69, 9.17) is 4.74 Å². The van der Waals surface area contributed by atoms with Gasteiger partial charge in [0.2, 0.25) is 0 Å². The molecule has 0 bridgehead atoms. The number of aryl methyl sites for hydroxylation is 1. The van der Waals surface area contributed by atoms with Crippen LogP contribution in [-0.4, -0.2) is 54.9 Å². The zero-order valence-corrected chi connectivity index (χ0v) is 11.8. The van der Waals surface area contributed by atoms with E-state index < -0.39 is 5.60 Å². The largest absolute Gasteiger partial charge is 0.493 e. The second kappa shape index (κ2) is 6.02. The molecule has 1 aromatic rings. The maximum atomic E-state index is 10.2. The van der Waals surface area contributed by atoms with Crippen molar-refractivity contribution in [3.63, 3.8) is 0 Å². The molecule has 0 aliphatic rings. The van der Waals surface area contributed by atoms with E-state index in [1.54, 1.807) is 20.2 Å². The van der Waals surface area contributed by atoms with Crippen LogP contribution in [0.5, 0.6) is 5.75 Å². The Labute approximate surface area is 109 Å². The number of aromatic nitrogens is 1. The number of likely N-dealkylation sites (N-methyl/N-ethyl adjacent to an activating group) is 1. The van der Waals surface area contributed by atoms with Gasteiger partial charge in [0.05, 0.1) is 24.6 Å². The van der Waals surface area contributed by atoms with Gasteiger partial charge in [-0.3, -0.25) is 4.98 Å². The van der Waals surface area contributed by atoms with E-state index >= 15 is 0 Å². The Balaban J connectivity index is 2.70. The van der Waals surface area contributed by atoms with Crippen LogP contribution in [-0.2, 0) is 0 Å². The lowest BCUT2D eigenvalue weighted by molar-refractivity contribution is 0.0459. The van der Waals surface area contributed by atoms with Gasteiger partial charge in [-0.15, -0.1) is 0 Å². The van der Waals surface area contributed by atoms with Crippen LogP contribution >= 0.6 is 0 Å². The standard InChI is InChI=1S/C13H23N3O2/c1-10-6-11(12(18-5)7-14-10)15-8-13(2,17)9-16(3)4/h6-7,17H,8-9H2,1-5H3,(H,14,15). The molecule has 1 heterocycles. The van der Waals surface area contributed by atoms with Crippen molar-refractivity contribution in [1.29, 1.82) is 0 Å². The molecule has 102 valence electrons. The number of ether oxygens (including phenoxy) is 1. The molecule has 0 fully saturated rings. The molecule has 0 saturated carbocycles. The third-order valence-electron chi connectivity index (χ3n) is 2.54. The van der Waals surface area contributed by atoms with Crippen molar-refractivity contribution < 1.29 is 9.84 Å². The molecule has 2 N–H and O–H groups in total. The van der Waals surface area contributed by atoms with E-state index in [0.29, 0.717) is 18.8 Å². The fraction of sp³-hybridized carbons (Fsp3) is 0.615. The third kappa shape index (κ3) is 4.50. The summed E-state index contributed by atoms with van der Waals surface area (Å²) in [5, 5.41) is 13.4. The maximum absolute atomic E-state index is 10.2. The number of methoxy groups -OCH3 is 1. The molecule has 0 saturated heterocycles. The average molecular weight is 253 g/mol. The highest BCUT2D eigenvalue weighted by molar-refractivity contribution is 5.56. The molecular formula is C13H23N3O2. The zero-order valence-electron chi connectivity index (χ0n) is 11.8. The predicted octanol–water partition coefficient (Wildman–Crippen LogP) is 1.12. The summed E-state index contributed by atoms with van der Waals surface area (Å²) >= 11 is 0. The van der Waals surface area contributed by atoms with E-state index in [1.807, 2.05) is 32.0 Å². The average Bonchev–Trinajstić information content (AvgIpc) is 2.25. The molecule has 5 heteroatoms. The van der Waals surface area contributed by atoms with E-state index in [2.05, 4.69) is 10.3 Å². The first-order chi connectivity index (χ1) is 8.34. The van der Waals surface area contributed by atoms with Gasteiger partial charge in [-0.25, -0.2) is 0 Å². The molecule has 0 aliphatic carbocycles. The Morgan fingerprint density at radius 1 is 1.50 bits per heavy atom. The molecule has 0 spiro atoms. The highest BCUT2D eigenvalue weighted by Crippen LogP contribution is 2.24. The van der Waals surface area contributed by atoms with Crippen molar-refractivity contribution in [3.8, 4) is 5.75 Å². The van der Waals surface area contributed by atoms with Crippen LogP contribution in [0.15, 0.2) is 12.3 Å². The fourth-order valence-electron chi connectivity index (χ4n) is 1.87. The fourth-order valence-corrected chi connectivity index (χ4v) is 1.87. The lowest BCUT2D eigenvalue weighted by Crippen LogP contribution is -2.43. The minimum absolute atomic E-state index is 0.449. The van der Waals surface area contributed by atoms with E-state index in [9.17, 15) is 5.11 Å². The summed E-state index contributed by atoms with van der Waals surface area (Å²) in [6, 6.07) is 1.91. The molecule has 1 rings (SSSR count). The third-order valence-corrected chi connectivity index (χ3v) is 2.54. The van der Waals surface area contributed by atoms with Crippen molar-refractivity contribution in [2.45, 2.75) is 19.4 Å². The molecule has 0 radical (unpaired) electrons. The Kier molecular flexibility index (Phi) is 4.93. The Hall–Kier alpha value is -1.33. The van der Waals surface area contributed by atoms with Crippen LogP contribution < -0.4 is 10.1 Å². The van der Waals surface area contributed by atoms with Crippen LogP contribution in [0.25, 0.3) is 0 Å². The summed E-state index contributed by atoms with van der Waals surface area (Å²) in [5.41, 5.74) is 0.959. The predicted molar refractivity (Wildman–Crippen MR) is 73.2 cm³/mol. The minimum atomic E-state index is -0.800. The van der Waals surface area contributed by atoms with Gasteiger partial charge in [0.15, 0.2) is 5.75 Å². The zero-order chi connectivity index (χ0) is 13.8. The Morgan fingerprint density at radius 3 is 2.72 bits per heavy atom. The van der Waals surface area contributed by atoms with Gasteiger partial charge in [0, 0.05) is 18.8 Å². The molecule has 0 amide bonds. The summed E-state index contributed by atoms with van der Waals surface area (Å²) in [4.78, 5) is 6.12. The molecule has 0 aromatic carbocycles. The van der Waals surface area contributed by atoms with Gasteiger partial charge in [0.25, 0.3) is 0 Å². The summed E-state index contributed by atoms with van der Waals surface area (Å²) < 4.78 is 5.23. The number of nitrogens with zero attached hydrogens (tertiary/aromatic N) is 2. The van der Waals surface area contributed by atoms with Gasteiger partial charge in [-0.2, -0.15) is 0 Å². The molecule has 1 atom stereocenters. The molecule has 18 heavy (non-hydrogen) atoms. The van der Waals surface area contributed by atoms with Crippen LogP contribution in [0.2, 0.25) is 0 Å². The normalized spacial score (nSPS) is 14.4. The molecule has 1 aromatic heterocycles. The van der Waals surface area contributed by atoms with Crippen LogP contribution in [0.4, 0.5) is 5.69 Å². The van der Waals surface area contributed by atoms with Crippen molar-refractivity contribution in [2.24, 2.45) is 0 Å². The smallest absolute Gasteiger partial charge is 0.160 e. The summed E-state index contributed by atoms with van der Waals surface area (Å²) in [6.07, 6.45) is 1.68. The maximum Gasteiger partial charge on any atom is 0.160 e. The van der Waals surface area contributed by atoms with Crippen molar-refractivity contribution in [1.82, 2.24) is 9.88 Å². The second-order valence-corrected chi connectivity index (χ2v) is 5.11. The molecular weight excluding hydrogens is 230 g/mol. The number of rotatable bonds is 6. The highest BCUT2D eigenvalue weighted by Gasteiger charge is 2.21. The first kappa shape index (κ1) is 14.7.